The summed E-state index contributed by atoms with van der Waals surface area (Å²) >= 11 is 0. The van der Waals surface area contributed by atoms with Gasteiger partial charge in [0.25, 0.3) is 0 Å². The number of aryl methyl sites for hydroxylation is 1. The van der Waals surface area contributed by atoms with Crippen LogP contribution in [0.25, 0.3) is 10.8 Å². The van der Waals surface area contributed by atoms with Crippen molar-refractivity contribution in [3.8, 4) is 5.75 Å². The van der Waals surface area contributed by atoms with Crippen molar-refractivity contribution in [2.45, 2.75) is 13.0 Å². The lowest BCUT2D eigenvalue weighted by molar-refractivity contribution is 0.0668. The molecule has 0 aliphatic carbocycles. The van der Waals surface area contributed by atoms with E-state index in [1.54, 1.807) is 0 Å². The molecule has 4 heteroatoms. The SMILES string of the molecule is Cc1cccc(N2CCN(C[C@@H](O)COc3cccc4ccccc34)CC2)c1. The summed E-state index contributed by atoms with van der Waals surface area (Å²) in [5, 5.41) is 12.7. The number of rotatable bonds is 6. The summed E-state index contributed by atoms with van der Waals surface area (Å²) in [6.45, 7) is 6.98. The minimum Gasteiger partial charge on any atom is -0.490 e. The van der Waals surface area contributed by atoms with Gasteiger partial charge in [-0.3, -0.25) is 4.90 Å². The molecule has 0 amide bonds. The Kier molecular flexibility index (Phi) is 5.79. The fourth-order valence-electron chi connectivity index (χ4n) is 3.87. The standard InChI is InChI=1S/C24H28N2O2/c1-19-6-4-9-21(16-19)26-14-12-25(13-15-26)17-22(27)18-28-24-11-5-8-20-7-2-3-10-23(20)24/h2-11,16,22,27H,12-15,17-18H2,1H3/t22-/m1/s1. The minimum absolute atomic E-state index is 0.312. The number of ether oxygens (including phenoxy) is 1. The number of piperazine rings is 1. The van der Waals surface area contributed by atoms with Gasteiger partial charge in [-0.05, 0) is 36.1 Å². The van der Waals surface area contributed by atoms with Crippen LogP contribution in [0.2, 0.25) is 0 Å². The maximum absolute atomic E-state index is 10.5. The molecule has 3 aromatic rings. The molecular formula is C24H28N2O2. The lowest BCUT2D eigenvalue weighted by atomic mass is 10.1. The normalized spacial score (nSPS) is 16.3. The highest BCUT2D eigenvalue weighted by Gasteiger charge is 2.20. The molecule has 0 aromatic heterocycles. The van der Waals surface area contributed by atoms with Crippen LogP contribution < -0.4 is 9.64 Å². The van der Waals surface area contributed by atoms with Crippen molar-refractivity contribution in [1.29, 1.82) is 0 Å². The first-order chi connectivity index (χ1) is 13.7. The fraction of sp³-hybridized carbons (Fsp3) is 0.333. The van der Waals surface area contributed by atoms with E-state index in [0.717, 1.165) is 42.7 Å². The number of aliphatic hydroxyl groups excluding tert-OH is 1. The van der Waals surface area contributed by atoms with Crippen LogP contribution in [0, 0.1) is 6.92 Å². The van der Waals surface area contributed by atoms with Crippen LogP contribution in [0.1, 0.15) is 5.56 Å². The first kappa shape index (κ1) is 18.8. The van der Waals surface area contributed by atoms with Gasteiger partial charge in [-0.1, -0.05) is 48.5 Å². The van der Waals surface area contributed by atoms with Gasteiger partial charge in [0, 0.05) is 43.8 Å². The van der Waals surface area contributed by atoms with Gasteiger partial charge in [-0.25, -0.2) is 0 Å². The molecule has 1 heterocycles. The molecule has 1 atom stereocenters. The number of nitrogens with zero attached hydrogens (tertiary/aromatic N) is 2. The summed E-state index contributed by atoms with van der Waals surface area (Å²) in [4.78, 5) is 4.74. The molecule has 0 unspecified atom stereocenters. The van der Waals surface area contributed by atoms with E-state index < -0.39 is 6.10 Å². The van der Waals surface area contributed by atoms with Crippen LogP contribution in [0.4, 0.5) is 5.69 Å². The van der Waals surface area contributed by atoms with Gasteiger partial charge in [0.05, 0.1) is 0 Å². The highest BCUT2D eigenvalue weighted by atomic mass is 16.5. The highest BCUT2D eigenvalue weighted by Crippen LogP contribution is 2.25. The molecule has 0 bridgehead atoms. The van der Waals surface area contributed by atoms with Crippen LogP contribution in [-0.4, -0.2) is 55.4 Å². The van der Waals surface area contributed by atoms with Gasteiger partial charge in [0.15, 0.2) is 0 Å². The van der Waals surface area contributed by atoms with Crippen LogP contribution in [0.3, 0.4) is 0 Å². The third-order valence-corrected chi connectivity index (χ3v) is 5.39. The Morgan fingerprint density at radius 3 is 2.50 bits per heavy atom. The van der Waals surface area contributed by atoms with E-state index in [0.29, 0.717) is 13.2 Å². The van der Waals surface area contributed by atoms with Gasteiger partial charge >= 0.3 is 0 Å². The quantitative estimate of drug-likeness (QED) is 0.711. The van der Waals surface area contributed by atoms with E-state index in [-0.39, 0.29) is 0 Å². The number of aliphatic hydroxyl groups is 1. The number of benzene rings is 3. The monoisotopic (exact) mass is 376 g/mol. The van der Waals surface area contributed by atoms with Crippen molar-refractivity contribution < 1.29 is 9.84 Å². The molecule has 1 fully saturated rings. The zero-order chi connectivity index (χ0) is 19.3. The number of β-amino-alcohol motifs (C(OH)–C–C–N with tert-alkyl or cyclic N) is 1. The largest absolute Gasteiger partial charge is 0.490 e. The minimum atomic E-state index is -0.496. The number of hydrogen-bond donors (Lipinski definition) is 1. The van der Waals surface area contributed by atoms with Crippen molar-refractivity contribution in [2.75, 3.05) is 44.2 Å². The lowest BCUT2D eigenvalue weighted by Gasteiger charge is -2.37. The molecule has 1 N–H and O–H groups in total. The Hall–Kier alpha value is -2.56. The Morgan fingerprint density at radius 1 is 0.929 bits per heavy atom. The third kappa shape index (κ3) is 4.46. The first-order valence-corrected chi connectivity index (χ1v) is 10.0. The molecule has 4 rings (SSSR count). The zero-order valence-electron chi connectivity index (χ0n) is 16.4. The first-order valence-electron chi connectivity index (χ1n) is 10.0. The van der Waals surface area contributed by atoms with Crippen LogP contribution in [0.5, 0.6) is 5.75 Å². The molecule has 1 aliphatic heterocycles. The lowest BCUT2D eigenvalue weighted by Crippen LogP contribution is -2.49. The van der Waals surface area contributed by atoms with Gasteiger partial charge in [-0.2, -0.15) is 0 Å². The van der Waals surface area contributed by atoms with Crippen molar-refractivity contribution in [2.24, 2.45) is 0 Å². The van der Waals surface area contributed by atoms with Gasteiger partial charge in [-0.15, -0.1) is 0 Å². The molecule has 28 heavy (non-hydrogen) atoms. The van der Waals surface area contributed by atoms with E-state index in [9.17, 15) is 5.11 Å². The Labute approximate surface area is 167 Å². The zero-order valence-corrected chi connectivity index (χ0v) is 16.4. The van der Waals surface area contributed by atoms with Crippen molar-refractivity contribution in [3.63, 3.8) is 0 Å². The molecule has 3 aromatic carbocycles. The molecule has 1 aliphatic rings. The second-order valence-corrected chi connectivity index (χ2v) is 7.57. The number of fused-ring (bicyclic) bond motifs is 1. The van der Waals surface area contributed by atoms with Gasteiger partial charge in [0.2, 0.25) is 0 Å². The predicted octanol–water partition coefficient (Wildman–Crippen LogP) is 3.71. The molecule has 4 nitrogen and oxygen atoms in total. The fourth-order valence-corrected chi connectivity index (χ4v) is 3.87. The van der Waals surface area contributed by atoms with Crippen molar-refractivity contribution in [3.05, 3.63) is 72.3 Å². The maximum atomic E-state index is 10.5. The molecule has 1 saturated heterocycles. The topological polar surface area (TPSA) is 35.9 Å². The van der Waals surface area contributed by atoms with E-state index in [1.807, 2.05) is 24.3 Å². The van der Waals surface area contributed by atoms with Crippen LogP contribution in [-0.2, 0) is 0 Å². The second kappa shape index (κ2) is 8.63. The van der Waals surface area contributed by atoms with E-state index >= 15 is 0 Å². The average Bonchev–Trinajstić information content (AvgIpc) is 2.73. The molecular weight excluding hydrogens is 348 g/mol. The van der Waals surface area contributed by atoms with Crippen molar-refractivity contribution in [1.82, 2.24) is 4.90 Å². The van der Waals surface area contributed by atoms with Crippen LogP contribution in [0.15, 0.2) is 66.7 Å². The maximum Gasteiger partial charge on any atom is 0.127 e. The Balaban J connectivity index is 1.27. The van der Waals surface area contributed by atoms with E-state index in [2.05, 4.69) is 59.2 Å². The Bertz CT molecular complexity index is 914. The molecule has 146 valence electrons. The number of hydrogen-bond acceptors (Lipinski definition) is 4. The summed E-state index contributed by atoms with van der Waals surface area (Å²) in [5.41, 5.74) is 2.58. The van der Waals surface area contributed by atoms with Crippen molar-refractivity contribution >= 4 is 16.5 Å². The summed E-state index contributed by atoms with van der Waals surface area (Å²) in [6.07, 6.45) is -0.496. The highest BCUT2D eigenvalue weighted by molar-refractivity contribution is 5.88. The predicted molar refractivity (Wildman–Crippen MR) is 115 cm³/mol. The van der Waals surface area contributed by atoms with Crippen LogP contribution >= 0.6 is 0 Å². The number of anilines is 1. The molecule has 0 spiro atoms. The van der Waals surface area contributed by atoms with E-state index in [4.69, 9.17) is 4.74 Å². The van der Waals surface area contributed by atoms with E-state index in [1.165, 1.54) is 11.3 Å². The Morgan fingerprint density at radius 2 is 1.68 bits per heavy atom. The van der Waals surface area contributed by atoms with Gasteiger partial charge in [0.1, 0.15) is 18.5 Å². The summed E-state index contributed by atoms with van der Waals surface area (Å²) in [7, 11) is 0. The summed E-state index contributed by atoms with van der Waals surface area (Å²) < 4.78 is 5.94. The second-order valence-electron chi connectivity index (χ2n) is 7.57. The molecule has 0 radical (unpaired) electrons. The summed E-state index contributed by atoms with van der Waals surface area (Å²) in [6, 6.07) is 22.9. The van der Waals surface area contributed by atoms with Gasteiger partial charge < -0.3 is 14.7 Å². The molecule has 0 saturated carbocycles. The summed E-state index contributed by atoms with van der Waals surface area (Å²) in [5.74, 6) is 0.835. The smallest absolute Gasteiger partial charge is 0.127 e. The third-order valence-electron chi connectivity index (χ3n) is 5.39. The average molecular weight is 377 g/mol.